The zero-order valence-corrected chi connectivity index (χ0v) is 8.22. The molecule has 1 rings (SSSR count). The van der Waals surface area contributed by atoms with Crippen LogP contribution in [0.3, 0.4) is 0 Å². The van der Waals surface area contributed by atoms with E-state index in [2.05, 4.69) is 20.9 Å². The fourth-order valence-corrected chi connectivity index (χ4v) is 1.03. The topological polar surface area (TPSA) is 38.9 Å². The van der Waals surface area contributed by atoms with Gasteiger partial charge in [-0.25, -0.2) is 0 Å². The molecule has 11 heavy (non-hydrogen) atoms. The Labute approximate surface area is 75.0 Å². The van der Waals surface area contributed by atoms with Crippen LogP contribution in [0, 0.1) is 6.92 Å². The third kappa shape index (κ3) is 2.01. The van der Waals surface area contributed by atoms with Gasteiger partial charge >= 0.3 is 0 Å². The molecule has 0 saturated heterocycles. The first-order chi connectivity index (χ1) is 5.11. The van der Waals surface area contributed by atoms with E-state index in [0.29, 0.717) is 0 Å². The van der Waals surface area contributed by atoms with Gasteiger partial charge in [-0.05, 0) is 41.4 Å². The van der Waals surface area contributed by atoms with Gasteiger partial charge in [0.05, 0.1) is 5.69 Å². The Bertz CT molecular complexity index is 258. The number of nitrogens with two attached hydrogens (primary N) is 1. The van der Waals surface area contributed by atoms with Crippen molar-refractivity contribution in [3.63, 3.8) is 0 Å². The summed E-state index contributed by atoms with van der Waals surface area (Å²) < 4.78 is 1.03. The summed E-state index contributed by atoms with van der Waals surface area (Å²) in [6, 6.07) is 2.01. The second kappa shape index (κ2) is 3.32. The first-order valence-electron chi connectivity index (χ1n) is 3.49. The molecule has 1 aromatic heterocycles. The molecule has 0 fully saturated rings. The van der Waals surface area contributed by atoms with Gasteiger partial charge in [0.2, 0.25) is 0 Å². The molecule has 1 heterocycles. The van der Waals surface area contributed by atoms with Crippen molar-refractivity contribution >= 4 is 15.9 Å². The average molecular weight is 215 g/mol. The molecule has 0 aromatic carbocycles. The molecule has 0 radical (unpaired) electrons. The van der Waals surface area contributed by atoms with E-state index in [1.807, 2.05) is 19.9 Å². The fourth-order valence-electron chi connectivity index (χ4n) is 0.810. The summed E-state index contributed by atoms with van der Waals surface area (Å²) in [5.74, 6) is 0. The minimum Gasteiger partial charge on any atom is -0.323 e. The maximum Gasteiger partial charge on any atom is 0.0571 e. The molecule has 1 atom stereocenters. The van der Waals surface area contributed by atoms with Gasteiger partial charge in [0.25, 0.3) is 0 Å². The normalized spacial score (nSPS) is 13.1. The minimum absolute atomic E-state index is 0.0156. The van der Waals surface area contributed by atoms with Gasteiger partial charge in [-0.1, -0.05) is 0 Å². The fraction of sp³-hybridized carbons (Fsp3) is 0.375. The molecule has 0 bridgehead atoms. The Morgan fingerprint density at radius 1 is 1.64 bits per heavy atom. The Kier molecular flexibility index (Phi) is 2.62. The average Bonchev–Trinajstić information content (AvgIpc) is 1.94. The van der Waals surface area contributed by atoms with Crippen molar-refractivity contribution in [2.24, 2.45) is 5.73 Å². The lowest BCUT2D eigenvalue weighted by atomic mass is 10.2. The molecule has 60 valence electrons. The number of halogens is 1. The second-order valence-electron chi connectivity index (χ2n) is 2.65. The molecule has 0 unspecified atom stereocenters. The van der Waals surface area contributed by atoms with Crippen molar-refractivity contribution in [3.8, 4) is 0 Å². The maximum atomic E-state index is 5.65. The van der Waals surface area contributed by atoms with Crippen LogP contribution in [0.15, 0.2) is 16.7 Å². The molecule has 0 amide bonds. The summed E-state index contributed by atoms with van der Waals surface area (Å²) in [5, 5.41) is 0. The Balaban J connectivity index is 3.05. The highest BCUT2D eigenvalue weighted by Gasteiger charge is 2.02. The standard InChI is InChI=1S/C8H11BrN2/c1-5-3-8(6(2)10)11-4-7(5)9/h3-4,6H,10H2,1-2H3/t6-/m1/s1. The lowest BCUT2D eigenvalue weighted by Gasteiger charge is -2.05. The molecule has 0 spiro atoms. The summed E-state index contributed by atoms with van der Waals surface area (Å²) >= 11 is 3.38. The first kappa shape index (κ1) is 8.68. The number of hydrogen-bond acceptors (Lipinski definition) is 2. The first-order valence-corrected chi connectivity index (χ1v) is 4.28. The van der Waals surface area contributed by atoms with Crippen molar-refractivity contribution < 1.29 is 0 Å². The monoisotopic (exact) mass is 214 g/mol. The van der Waals surface area contributed by atoms with Gasteiger partial charge < -0.3 is 5.73 Å². The summed E-state index contributed by atoms with van der Waals surface area (Å²) in [6.45, 7) is 3.95. The zero-order chi connectivity index (χ0) is 8.43. The predicted octanol–water partition coefficient (Wildman–Crippen LogP) is 2.17. The summed E-state index contributed by atoms with van der Waals surface area (Å²) in [6.07, 6.45) is 1.79. The molecule has 2 nitrogen and oxygen atoms in total. The summed E-state index contributed by atoms with van der Waals surface area (Å²) in [4.78, 5) is 4.17. The van der Waals surface area contributed by atoms with Crippen LogP contribution < -0.4 is 5.73 Å². The molecule has 2 N–H and O–H groups in total. The van der Waals surface area contributed by atoms with Crippen LogP contribution >= 0.6 is 15.9 Å². The lowest BCUT2D eigenvalue weighted by molar-refractivity contribution is 0.778. The van der Waals surface area contributed by atoms with Gasteiger partial charge in [-0.2, -0.15) is 0 Å². The predicted molar refractivity (Wildman–Crippen MR) is 49.3 cm³/mol. The second-order valence-corrected chi connectivity index (χ2v) is 3.50. The Morgan fingerprint density at radius 3 is 2.73 bits per heavy atom. The third-order valence-corrected chi connectivity index (χ3v) is 2.36. The van der Waals surface area contributed by atoms with Crippen molar-refractivity contribution in [3.05, 3.63) is 28.0 Å². The number of aromatic nitrogens is 1. The molecule has 0 aliphatic heterocycles. The quantitative estimate of drug-likeness (QED) is 0.779. The minimum atomic E-state index is 0.0156. The van der Waals surface area contributed by atoms with Crippen LogP contribution in [0.5, 0.6) is 0 Å². The van der Waals surface area contributed by atoms with Gasteiger partial charge in [-0.15, -0.1) is 0 Å². The smallest absolute Gasteiger partial charge is 0.0571 e. The van der Waals surface area contributed by atoms with Crippen LogP contribution in [0.25, 0.3) is 0 Å². The van der Waals surface area contributed by atoms with E-state index in [9.17, 15) is 0 Å². The van der Waals surface area contributed by atoms with E-state index in [0.717, 1.165) is 10.2 Å². The molecule has 1 aromatic rings. The molecule has 3 heteroatoms. The Morgan fingerprint density at radius 2 is 2.27 bits per heavy atom. The molecule has 0 aliphatic rings. The van der Waals surface area contributed by atoms with Crippen molar-refractivity contribution in [2.45, 2.75) is 19.9 Å². The van der Waals surface area contributed by atoms with E-state index in [1.165, 1.54) is 5.56 Å². The van der Waals surface area contributed by atoms with Gasteiger partial charge in [0.1, 0.15) is 0 Å². The van der Waals surface area contributed by atoms with E-state index < -0.39 is 0 Å². The Hall–Kier alpha value is -0.410. The number of pyridine rings is 1. The van der Waals surface area contributed by atoms with Gasteiger partial charge in [-0.3, -0.25) is 4.98 Å². The zero-order valence-electron chi connectivity index (χ0n) is 6.63. The lowest BCUT2D eigenvalue weighted by Crippen LogP contribution is -2.07. The van der Waals surface area contributed by atoms with Crippen molar-refractivity contribution in [1.29, 1.82) is 0 Å². The van der Waals surface area contributed by atoms with Gasteiger partial charge in [0.15, 0.2) is 0 Å². The van der Waals surface area contributed by atoms with Crippen molar-refractivity contribution in [2.75, 3.05) is 0 Å². The highest BCUT2D eigenvalue weighted by Crippen LogP contribution is 2.16. The largest absolute Gasteiger partial charge is 0.323 e. The number of aryl methyl sites for hydroxylation is 1. The van der Waals surface area contributed by atoms with Crippen LogP contribution in [0.4, 0.5) is 0 Å². The molecule has 0 aliphatic carbocycles. The van der Waals surface area contributed by atoms with E-state index in [-0.39, 0.29) is 6.04 Å². The number of nitrogens with zero attached hydrogens (tertiary/aromatic N) is 1. The number of rotatable bonds is 1. The van der Waals surface area contributed by atoms with Crippen molar-refractivity contribution in [1.82, 2.24) is 4.98 Å². The molecular weight excluding hydrogens is 204 g/mol. The van der Waals surface area contributed by atoms with Crippen LogP contribution in [0.1, 0.15) is 24.2 Å². The van der Waals surface area contributed by atoms with Crippen LogP contribution in [0.2, 0.25) is 0 Å². The highest BCUT2D eigenvalue weighted by atomic mass is 79.9. The highest BCUT2D eigenvalue weighted by molar-refractivity contribution is 9.10. The third-order valence-electron chi connectivity index (χ3n) is 1.53. The van der Waals surface area contributed by atoms with E-state index in [4.69, 9.17) is 5.73 Å². The van der Waals surface area contributed by atoms with Gasteiger partial charge in [0, 0.05) is 16.7 Å². The summed E-state index contributed by atoms with van der Waals surface area (Å²) in [7, 11) is 0. The number of hydrogen-bond donors (Lipinski definition) is 1. The molecule has 0 saturated carbocycles. The van der Waals surface area contributed by atoms with Crippen LogP contribution in [-0.2, 0) is 0 Å². The maximum absolute atomic E-state index is 5.65. The van der Waals surface area contributed by atoms with E-state index in [1.54, 1.807) is 6.20 Å². The molecular formula is C8H11BrN2. The summed E-state index contributed by atoms with van der Waals surface area (Å²) in [5.41, 5.74) is 7.76. The SMILES string of the molecule is Cc1cc([C@@H](C)N)ncc1Br. The van der Waals surface area contributed by atoms with E-state index >= 15 is 0 Å². The van der Waals surface area contributed by atoms with Crippen LogP contribution in [-0.4, -0.2) is 4.98 Å².